The maximum absolute atomic E-state index is 14.1. The number of H-pyrrole nitrogens is 4. The molecule has 0 saturated carbocycles. The molecule has 0 unspecified atom stereocenters. The molecule has 19 heteroatoms. The van der Waals surface area contributed by atoms with Gasteiger partial charge < -0.3 is 33.9 Å². The molecule has 4 N–H and O–H groups in total. The standard InChI is InChI=1S/C41H49B3F6N4O6/c1-9-22-20-51-39(24(22)11-3)33(58-42(45)46)17-30(55)36-26(13-5)27(14-6)37(53-36)32(57)19-35(60-44(49)50)41-29(16-8)28(15-7)38(54-41)31(56)18-34(59-43(47)48)40-25(12-4)23(10-2)21-52-40/h17-21,51-54H,9-16H2,1-8H3/b33-17-,34-18-,35-19-. The lowest BCUT2D eigenvalue weighted by Crippen LogP contribution is -2.10. The van der Waals surface area contributed by atoms with Crippen molar-refractivity contribution in [3.63, 3.8) is 0 Å². The molecule has 4 aromatic rings. The van der Waals surface area contributed by atoms with Crippen LogP contribution in [0.2, 0.25) is 0 Å². The summed E-state index contributed by atoms with van der Waals surface area (Å²) in [5, 5.41) is 0. The highest BCUT2D eigenvalue weighted by atomic mass is 19.3. The van der Waals surface area contributed by atoms with Crippen molar-refractivity contribution in [1.29, 1.82) is 0 Å². The van der Waals surface area contributed by atoms with Crippen LogP contribution >= 0.6 is 0 Å². The van der Waals surface area contributed by atoms with Gasteiger partial charge >= 0.3 is 22.4 Å². The lowest BCUT2D eigenvalue weighted by molar-refractivity contribution is 0.103. The summed E-state index contributed by atoms with van der Waals surface area (Å²) in [7, 11) is -9.95. The quantitative estimate of drug-likeness (QED) is 0.0193. The number of aromatic amines is 4. The normalized spacial score (nSPS) is 12.2. The summed E-state index contributed by atoms with van der Waals surface area (Å²) in [6.07, 6.45) is 8.87. The molecule has 0 saturated heterocycles. The third kappa shape index (κ3) is 10.3. The molecule has 0 bridgehead atoms. The highest BCUT2D eigenvalue weighted by Gasteiger charge is 2.31. The number of nitrogens with one attached hydrogen (secondary N) is 4. The Kier molecular flexibility index (Phi) is 16.7. The highest BCUT2D eigenvalue weighted by Crippen LogP contribution is 2.33. The molecule has 0 atom stereocenters. The van der Waals surface area contributed by atoms with E-state index in [-0.39, 0.29) is 59.8 Å². The monoisotopic (exact) mass is 840 g/mol. The summed E-state index contributed by atoms with van der Waals surface area (Å²) in [6.45, 7) is 14.3. The summed E-state index contributed by atoms with van der Waals surface area (Å²) >= 11 is 0. The van der Waals surface area contributed by atoms with Crippen LogP contribution in [0.3, 0.4) is 0 Å². The van der Waals surface area contributed by atoms with Crippen LogP contribution in [-0.2, 0) is 65.3 Å². The van der Waals surface area contributed by atoms with Crippen molar-refractivity contribution in [1.82, 2.24) is 19.9 Å². The molecule has 60 heavy (non-hydrogen) atoms. The van der Waals surface area contributed by atoms with Crippen LogP contribution in [-0.4, -0.2) is 59.7 Å². The van der Waals surface area contributed by atoms with Crippen molar-refractivity contribution in [2.75, 3.05) is 0 Å². The SMILES string of the molecule is CCc1c[nH]c(/C(=C/C(=O)c2[nH]c(C(=O)/C=C(\OB(F)F)c3[nH]c(C(=O)/C=C(\OB(F)F)c4[nH]cc(CC)c4CC)c(CC)c3CC)c(CC)c2CC)OB(F)F)c1CC. The second-order valence-corrected chi connectivity index (χ2v) is 13.6. The molecule has 10 nitrogen and oxygen atoms in total. The number of carbonyl (C=O) groups is 3. The Bertz CT molecular complexity index is 2270. The van der Waals surface area contributed by atoms with Crippen molar-refractivity contribution < 1.29 is 54.2 Å². The smallest absolute Gasteiger partial charge is 0.503 e. The Balaban J connectivity index is 1.86. The topological polar surface area (TPSA) is 142 Å². The number of carbonyl (C=O) groups excluding carboxylic acids is 3. The molecule has 0 aromatic carbocycles. The number of ketones is 3. The number of aromatic nitrogens is 4. The van der Waals surface area contributed by atoms with Crippen molar-refractivity contribution in [3.8, 4) is 0 Å². The Hall–Kier alpha value is -5.48. The first-order valence-electron chi connectivity index (χ1n) is 20.1. The summed E-state index contributed by atoms with van der Waals surface area (Å²) in [4.78, 5) is 53.4. The van der Waals surface area contributed by atoms with Gasteiger partial charge in [0.2, 0.25) is 17.3 Å². The molecule has 4 aromatic heterocycles. The maximum atomic E-state index is 14.1. The lowest BCUT2D eigenvalue weighted by Gasteiger charge is -2.10. The van der Waals surface area contributed by atoms with Crippen LogP contribution in [0.4, 0.5) is 25.9 Å². The summed E-state index contributed by atoms with van der Waals surface area (Å²) in [6, 6.07) is 0. The van der Waals surface area contributed by atoms with Crippen molar-refractivity contribution >= 4 is 57.0 Å². The zero-order valence-corrected chi connectivity index (χ0v) is 35.0. The first-order valence-corrected chi connectivity index (χ1v) is 20.1. The number of hydrogen-bond acceptors (Lipinski definition) is 6. The van der Waals surface area contributed by atoms with Gasteiger partial charge in [-0.3, -0.25) is 14.4 Å². The largest absolute Gasteiger partial charge is 0.796 e. The second-order valence-electron chi connectivity index (χ2n) is 13.6. The number of rotatable bonds is 23. The van der Waals surface area contributed by atoms with Crippen LogP contribution in [0.25, 0.3) is 17.3 Å². The molecule has 0 aliphatic carbocycles. The molecule has 0 fully saturated rings. The average molecular weight is 840 g/mol. The summed E-state index contributed by atoms with van der Waals surface area (Å²) in [5.41, 5.74) is 4.60. The second kappa shape index (κ2) is 21.2. The predicted molar refractivity (Wildman–Crippen MR) is 222 cm³/mol. The molecule has 4 heterocycles. The van der Waals surface area contributed by atoms with E-state index >= 15 is 0 Å². The third-order valence-electron chi connectivity index (χ3n) is 10.4. The summed E-state index contributed by atoms with van der Waals surface area (Å²) < 4.78 is 97.4. The zero-order chi connectivity index (χ0) is 44.4. The molecular weight excluding hydrogens is 791 g/mol. The number of halogens is 6. The van der Waals surface area contributed by atoms with Gasteiger partial charge in [-0.25, -0.2) is 25.9 Å². The first-order chi connectivity index (χ1) is 28.6. The van der Waals surface area contributed by atoms with Gasteiger partial charge in [-0.05, 0) is 95.9 Å². The molecule has 0 radical (unpaired) electrons. The van der Waals surface area contributed by atoms with Gasteiger partial charge in [0.1, 0.15) is 17.3 Å². The Labute approximate surface area is 346 Å². The van der Waals surface area contributed by atoms with E-state index in [0.29, 0.717) is 59.1 Å². The third-order valence-corrected chi connectivity index (χ3v) is 10.4. The number of allylic oxidation sites excluding steroid dienone is 3. The molecule has 0 amide bonds. The highest BCUT2D eigenvalue weighted by molar-refractivity contribution is 6.37. The summed E-state index contributed by atoms with van der Waals surface area (Å²) in [5.74, 6) is -3.87. The van der Waals surface area contributed by atoms with Crippen LogP contribution in [0.5, 0.6) is 0 Å². The van der Waals surface area contributed by atoms with Gasteiger partial charge in [-0.1, -0.05) is 55.4 Å². The molecule has 0 spiro atoms. The zero-order valence-electron chi connectivity index (χ0n) is 35.0. The molecule has 4 rings (SSSR count). The minimum Gasteiger partial charge on any atom is -0.503 e. The van der Waals surface area contributed by atoms with E-state index in [1.165, 1.54) is 0 Å². The van der Waals surface area contributed by atoms with E-state index < -0.39 is 57.0 Å². The fraction of sp³-hybridized carbons (Fsp3) is 0.390. The van der Waals surface area contributed by atoms with Gasteiger partial charge in [0.15, 0.2) is 0 Å². The minimum atomic E-state index is -3.43. The fourth-order valence-corrected chi connectivity index (χ4v) is 7.78. The Morgan fingerprint density at radius 3 is 0.967 bits per heavy atom. The van der Waals surface area contributed by atoms with E-state index in [1.807, 2.05) is 27.7 Å². The molecule has 0 aliphatic rings. The lowest BCUT2D eigenvalue weighted by atomic mass is 9.98. The van der Waals surface area contributed by atoms with E-state index in [0.717, 1.165) is 29.4 Å². The van der Waals surface area contributed by atoms with Gasteiger partial charge in [0, 0.05) is 30.6 Å². The maximum Gasteiger partial charge on any atom is 0.796 e. The van der Waals surface area contributed by atoms with Crippen molar-refractivity contribution in [2.45, 2.75) is 107 Å². The van der Waals surface area contributed by atoms with Crippen LogP contribution in [0.15, 0.2) is 30.6 Å². The van der Waals surface area contributed by atoms with Crippen molar-refractivity contribution in [3.05, 3.63) is 109 Å². The van der Waals surface area contributed by atoms with Gasteiger partial charge in [0.05, 0.1) is 34.2 Å². The number of hydrogen-bond donors (Lipinski definition) is 4. The van der Waals surface area contributed by atoms with Crippen LogP contribution < -0.4 is 0 Å². The van der Waals surface area contributed by atoms with Gasteiger partial charge in [0.25, 0.3) is 0 Å². The Morgan fingerprint density at radius 2 is 0.700 bits per heavy atom. The van der Waals surface area contributed by atoms with Crippen LogP contribution in [0.1, 0.15) is 148 Å². The van der Waals surface area contributed by atoms with Crippen LogP contribution in [0, 0.1) is 0 Å². The predicted octanol–water partition coefficient (Wildman–Crippen LogP) is 9.99. The average Bonchev–Trinajstić information content (AvgIpc) is 4.00. The van der Waals surface area contributed by atoms with E-state index in [9.17, 15) is 40.3 Å². The number of aryl methyl sites for hydroxylation is 2. The first kappa shape index (κ1) is 47.2. The molecular formula is C41H49B3F6N4O6. The molecule has 0 aliphatic heterocycles. The van der Waals surface area contributed by atoms with E-state index in [2.05, 4.69) is 19.9 Å². The van der Waals surface area contributed by atoms with Gasteiger partial charge in [-0.2, -0.15) is 0 Å². The minimum absolute atomic E-state index is 0.0821. The Morgan fingerprint density at radius 1 is 0.433 bits per heavy atom. The van der Waals surface area contributed by atoms with E-state index in [4.69, 9.17) is 14.0 Å². The molecule has 320 valence electrons. The van der Waals surface area contributed by atoms with E-state index in [1.54, 1.807) is 40.1 Å². The van der Waals surface area contributed by atoms with Crippen molar-refractivity contribution in [2.24, 2.45) is 0 Å². The van der Waals surface area contributed by atoms with Gasteiger partial charge in [-0.15, -0.1) is 0 Å². The fourth-order valence-electron chi connectivity index (χ4n) is 7.78.